The standard InChI is InChI=1S/C13H13NO3/c1-7-4-8(2)11-9(6-15)12(13(16)17)14(3)10(11)5-7/h4-6H,1-3H3,(H,16,17). The fourth-order valence-electron chi connectivity index (χ4n) is 2.35. The third-order valence-electron chi connectivity index (χ3n) is 3.00. The van der Waals surface area contributed by atoms with Crippen LogP contribution in [0.1, 0.15) is 32.0 Å². The van der Waals surface area contributed by atoms with Gasteiger partial charge in [0.1, 0.15) is 5.69 Å². The van der Waals surface area contributed by atoms with Gasteiger partial charge >= 0.3 is 5.97 Å². The van der Waals surface area contributed by atoms with Gasteiger partial charge in [0.05, 0.1) is 5.56 Å². The van der Waals surface area contributed by atoms with Crippen LogP contribution in [0.15, 0.2) is 12.1 Å². The Morgan fingerprint density at radius 2 is 2.00 bits per heavy atom. The van der Waals surface area contributed by atoms with Gasteiger partial charge in [0.25, 0.3) is 0 Å². The highest BCUT2D eigenvalue weighted by atomic mass is 16.4. The summed E-state index contributed by atoms with van der Waals surface area (Å²) in [5.74, 6) is -1.08. The number of aryl methyl sites for hydroxylation is 3. The van der Waals surface area contributed by atoms with Crippen LogP contribution in [0.25, 0.3) is 10.9 Å². The molecule has 0 aliphatic carbocycles. The molecule has 0 spiro atoms. The van der Waals surface area contributed by atoms with E-state index in [4.69, 9.17) is 5.11 Å². The summed E-state index contributed by atoms with van der Waals surface area (Å²) in [6.45, 7) is 3.83. The number of carboxylic acids is 1. The Labute approximate surface area is 98.5 Å². The van der Waals surface area contributed by atoms with Crippen LogP contribution in [0.3, 0.4) is 0 Å². The highest BCUT2D eigenvalue weighted by Gasteiger charge is 2.21. The van der Waals surface area contributed by atoms with Crippen LogP contribution in [0.4, 0.5) is 0 Å². The summed E-state index contributed by atoms with van der Waals surface area (Å²) in [7, 11) is 1.66. The highest BCUT2D eigenvalue weighted by molar-refractivity contribution is 6.09. The van der Waals surface area contributed by atoms with Crippen LogP contribution in [-0.4, -0.2) is 21.9 Å². The molecule has 1 aromatic carbocycles. The first-order valence-electron chi connectivity index (χ1n) is 5.25. The van der Waals surface area contributed by atoms with Gasteiger partial charge in [0.2, 0.25) is 0 Å². The molecule has 0 aliphatic rings. The number of aromatic nitrogens is 1. The average molecular weight is 231 g/mol. The lowest BCUT2D eigenvalue weighted by Crippen LogP contribution is -2.06. The summed E-state index contributed by atoms with van der Waals surface area (Å²) in [6, 6.07) is 3.84. The number of carbonyl (C=O) groups excluding carboxylic acids is 1. The van der Waals surface area contributed by atoms with E-state index < -0.39 is 5.97 Å². The molecule has 0 bridgehead atoms. The summed E-state index contributed by atoms with van der Waals surface area (Å²) >= 11 is 0. The maximum Gasteiger partial charge on any atom is 0.353 e. The minimum atomic E-state index is -1.08. The van der Waals surface area contributed by atoms with Crippen molar-refractivity contribution in [2.45, 2.75) is 13.8 Å². The molecule has 1 aromatic heterocycles. The Hall–Kier alpha value is -2.10. The Bertz CT molecular complexity index is 638. The van der Waals surface area contributed by atoms with Crippen molar-refractivity contribution < 1.29 is 14.7 Å². The van der Waals surface area contributed by atoms with E-state index in [1.807, 2.05) is 26.0 Å². The smallest absolute Gasteiger partial charge is 0.353 e. The molecule has 0 radical (unpaired) electrons. The summed E-state index contributed by atoms with van der Waals surface area (Å²) in [6.07, 6.45) is 0.619. The molecule has 0 atom stereocenters. The lowest BCUT2D eigenvalue weighted by Gasteiger charge is -2.02. The number of hydrogen-bond acceptors (Lipinski definition) is 2. The topological polar surface area (TPSA) is 59.3 Å². The van der Waals surface area contributed by atoms with Gasteiger partial charge in [-0.15, -0.1) is 0 Å². The first-order chi connectivity index (χ1) is 7.97. The summed E-state index contributed by atoms with van der Waals surface area (Å²) in [5, 5.41) is 9.89. The predicted octanol–water partition coefficient (Wildman–Crippen LogP) is 2.31. The monoisotopic (exact) mass is 231 g/mol. The van der Waals surface area contributed by atoms with E-state index in [1.54, 1.807) is 11.6 Å². The number of nitrogens with zero attached hydrogens (tertiary/aromatic N) is 1. The fraction of sp³-hybridized carbons (Fsp3) is 0.231. The zero-order chi connectivity index (χ0) is 12.7. The molecule has 1 N–H and O–H groups in total. The summed E-state index contributed by atoms with van der Waals surface area (Å²) < 4.78 is 1.56. The van der Waals surface area contributed by atoms with Crippen molar-refractivity contribution >= 4 is 23.2 Å². The number of fused-ring (bicyclic) bond motifs is 1. The largest absolute Gasteiger partial charge is 0.477 e. The molecule has 0 saturated heterocycles. The molecule has 0 unspecified atom stereocenters. The van der Waals surface area contributed by atoms with Crippen molar-refractivity contribution in [2.24, 2.45) is 7.05 Å². The highest BCUT2D eigenvalue weighted by Crippen LogP contribution is 2.28. The lowest BCUT2D eigenvalue weighted by atomic mass is 10.0. The predicted molar refractivity (Wildman–Crippen MR) is 64.7 cm³/mol. The van der Waals surface area contributed by atoms with E-state index in [0.29, 0.717) is 6.29 Å². The van der Waals surface area contributed by atoms with Crippen LogP contribution >= 0.6 is 0 Å². The van der Waals surface area contributed by atoms with Crippen LogP contribution in [-0.2, 0) is 7.05 Å². The van der Waals surface area contributed by atoms with Crippen LogP contribution < -0.4 is 0 Å². The van der Waals surface area contributed by atoms with Gasteiger partial charge in [-0.25, -0.2) is 4.79 Å². The van der Waals surface area contributed by atoms with Crippen LogP contribution in [0, 0.1) is 13.8 Å². The number of carbonyl (C=O) groups is 2. The van der Waals surface area contributed by atoms with E-state index in [0.717, 1.165) is 22.0 Å². The van der Waals surface area contributed by atoms with Gasteiger partial charge in [0.15, 0.2) is 6.29 Å². The molecule has 2 aromatic rings. The zero-order valence-electron chi connectivity index (χ0n) is 9.94. The third kappa shape index (κ3) is 1.53. The molecule has 4 nitrogen and oxygen atoms in total. The van der Waals surface area contributed by atoms with E-state index in [9.17, 15) is 9.59 Å². The zero-order valence-corrected chi connectivity index (χ0v) is 9.94. The third-order valence-corrected chi connectivity index (χ3v) is 3.00. The van der Waals surface area contributed by atoms with E-state index in [1.165, 1.54) is 0 Å². The SMILES string of the molecule is Cc1cc(C)c2c(C=O)c(C(=O)O)n(C)c2c1. The molecule has 2 rings (SSSR count). The molecule has 0 aliphatic heterocycles. The number of carboxylic acid groups (broad SMARTS) is 1. The molecule has 4 heteroatoms. The molecule has 0 amide bonds. The van der Waals surface area contributed by atoms with E-state index in [2.05, 4.69) is 0 Å². The maximum absolute atomic E-state index is 11.2. The second-order valence-corrected chi connectivity index (χ2v) is 4.22. The first kappa shape index (κ1) is 11.4. The minimum absolute atomic E-state index is 0.0451. The quantitative estimate of drug-likeness (QED) is 0.807. The average Bonchev–Trinajstić information content (AvgIpc) is 2.52. The molecule has 17 heavy (non-hydrogen) atoms. The minimum Gasteiger partial charge on any atom is -0.477 e. The molecular formula is C13H13NO3. The lowest BCUT2D eigenvalue weighted by molar-refractivity contribution is 0.0684. The van der Waals surface area contributed by atoms with Gasteiger partial charge in [-0.1, -0.05) is 6.07 Å². The van der Waals surface area contributed by atoms with Gasteiger partial charge in [-0.2, -0.15) is 0 Å². The molecule has 0 saturated carbocycles. The number of rotatable bonds is 2. The molecule has 1 heterocycles. The van der Waals surface area contributed by atoms with Crippen molar-refractivity contribution in [3.63, 3.8) is 0 Å². The Kier molecular flexibility index (Phi) is 2.50. The van der Waals surface area contributed by atoms with Crippen molar-refractivity contribution in [2.75, 3.05) is 0 Å². The Balaban J connectivity index is 3.04. The van der Waals surface area contributed by atoms with E-state index in [-0.39, 0.29) is 11.3 Å². The van der Waals surface area contributed by atoms with E-state index >= 15 is 0 Å². The van der Waals surface area contributed by atoms with Gasteiger partial charge < -0.3 is 9.67 Å². The summed E-state index contributed by atoms with van der Waals surface area (Å²) in [4.78, 5) is 22.3. The van der Waals surface area contributed by atoms with Gasteiger partial charge in [0, 0.05) is 18.0 Å². The van der Waals surface area contributed by atoms with Crippen molar-refractivity contribution in [1.29, 1.82) is 0 Å². The van der Waals surface area contributed by atoms with Crippen LogP contribution in [0.5, 0.6) is 0 Å². The maximum atomic E-state index is 11.2. The molecule has 88 valence electrons. The normalized spacial score (nSPS) is 10.8. The van der Waals surface area contributed by atoms with Gasteiger partial charge in [-0.3, -0.25) is 4.79 Å². The van der Waals surface area contributed by atoms with Crippen molar-refractivity contribution in [3.8, 4) is 0 Å². The number of hydrogen-bond donors (Lipinski definition) is 1. The number of aldehydes is 1. The summed E-state index contributed by atoms with van der Waals surface area (Å²) in [5.41, 5.74) is 3.05. The van der Waals surface area contributed by atoms with Gasteiger partial charge in [-0.05, 0) is 31.0 Å². The number of benzene rings is 1. The Morgan fingerprint density at radius 3 is 2.53 bits per heavy atom. The van der Waals surface area contributed by atoms with Crippen molar-refractivity contribution in [3.05, 3.63) is 34.5 Å². The fourth-order valence-corrected chi connectivity index (χ4v) is 2.35. The molecular weight excluding hydrogens is 218 g/mol. The Morgan fingerprint density at radius 1 is 1.35 bits per heavy atom. The second-order valence-electron chi connectivity index (χ2n) is 4.22. The van der Waals surface area contributed by atoms with Crippen LogP contribution in [0.2, 0.25) is 0 Å². The first-order valence-corrected chi connectivity index (χ1v) is 5.25. The number of aromatic carboxylic acids is 1. The molecule has 0 fully saturated rings. The van der Waals surface area contributed by atoms with Crippen molar-refractivity contribution in [1.82, 2.24) is 4.57 Å². The second kappa shape index (κ2) is 3.73.